The monoisotopic (exact) mass is 413 g/mol. The molecule has 0 saturated carbocycles. The summed E-state index contributed by atoms with van der Waals surface area (Å²) >= 11 is 0. The van der Waals surface area contributed by atoms with Crippen molar-refractivity contribution >= 4 is 17.9 Å². The van der Waals surface area contributed by atoms with Crippen molar-refractivity contribution in [2.24, 2.45) is 0 Å². The van der Waals surface area contributed by atoms with E-state index in [1.54, 1.807) is 0 Å². The highest BCUT2D eigenvalue weighted by Crippen LogP contribution is 2.33. The first kappa shape index (κ1) is 17.9. The molecule has 1 aromatic heterocycles. The van der Waals surface area contributed by atoms with E-state index in [1.165, 1.54) is 6.08 Å². The number of H-pyrrole nitrogens is 1. The summed E-state index contributed by atoms with van der Waals surface area (Å²) in [5, 5.41) is 0. The fourth-order valence-corrected chi connectivity index (χ4v) is 2.83. The number of carbonyl (C=O) groups is 3. The Balaban J connectivity index is 2.51. The molecule has 0 aromatic carbocycles. The van der Waals surface area contributed by atoms with Crippen LogP contribution in [0, 0.1) is 0 Å². The number of ether oxygens (including phenoxy) is 4. The van der Waals surface area contributed by atoms with Crippen molar-refractivity contribution in [2.75, 3.05) is 6.61 Å². The molecule has 158 valence electrons. The molecule has 2 heterocycles. The molecule has 1 fully saturated rings. The Labute approximate surface area is 169 Å². The van der Waals surface area contributed by atoms with Gasteiger partial charge in [-0.05, 0) is 6.42 Å². The van der Waals surface area contributed by atoms with Crippen LogP contribution in [0.1, 0.15) is 36.6 Å². The highest BCUT2D eigenvalue weighted by molar-refractivity contribution is 5.68. The second-order valence-corrected chi connectivity index (χ2v) is 5.97. The molecule has 0 spiro atoms. The number of rotatable bonds is 7. The van der Waals surface area contributed by atoms with Gasteiger partial charge in [-0.3, -0.25) is 28.7 Å². The Morgan fingerprint density at radius 2 is 1.86 bits per heavy atom. The summed E-state index contributed by atoms with van der Waals surface area (Å²) in [5.41, 5.74) is -1.45. The van der Waals surface area contributed by atoms with Gasteiger partial charge in [-0.1, -0.05) is 6.08 Å². The van der Waals surface area contributed by atoms with Gasteiger partial charge >= 0.3 is 23.6 Å². The summed E-state index contributed by atoms with van der Waals surface area (Å²) in [6, 6.07) is 0. The van der Waals surface area contributed by atoms with E-state index in [0.717, 1.165) is 10.8 Å². The van der Waals surface area contributed by atoms with Gasteiger partial charge < -0.3 is 18.9 Å². The zero-order valence-corrected chi connectivity index (χ0v) is 15.3. The third-order valence-corrected chi connectivity index (χ3v) is 3.91. The lowest BCUT2D eigenvalue weighted by molar-refractivity contribution is -0.166. The van der Waals surface area contributed by atoms with Gasteiger partial charge in [-0.15, -0.1) is 6.58 Å². The topological polar surface area (TPSA) is 143 Å². The standard InChI is InChI=1S/C18H22N2O9/c1-5-6-12-7-20(18(25)19-16(12)24)17-15(28-11(4)23)14(27-10(3)22)13(29-17)8-26-9(2)21/h5,7,13-15,17H,1,6,8H2,2-4H3,(H,19,24,25)/t13-,14+,15-,17?/m1/s1/i2D,3D,4D. The normalized spacial score (nSPS) is 24.6. The maximum atomic E-state index is 12.5. The molecule has 1 saturated heterocycles. The van der Waals surface area contributed by atoms with Gasteiger partial charge in [-0.2, -0.15) is 0 Å². The van der Waals surface area contributed by atoms with E-state index in [9.17, 15) is 24.0 Å². The van der Waals surface area contributed by atoms with E-state index in [1.807, 2.05) is 0 Å². The third-order valence-electron chi connectivity index (χ3n) is 3.91. The van der Waals surface area contributed by atoms with E-state index in [0.29, 0.717) is 0 Å². The predicted molar refractivity (Wildman–Crippen MR) is 96.9 cm³/mol. The van der Waals surface area contributed by atoms with Crippen LogP contribution in [0.5, 0.6) is 0 Å². The average molecular weight is 413 g/mol. The van der Waals surface area contributed by atoms with Crippen LogP contribution in [0.15, 0.2) is 28.4 Å². The zero-order valence-electron chi connectivity index (χ0n) is 18.3. The highest BCUT2D eigenvalue weighted by atomic mass is 16.7. The van der Waals surface area contributed by atoms with Crippen LogP contribution in [0.4, 0.5) is 0 Å². The quantitative estimate of drug-likeness (QED) is 0.358. The first-order chi connectivity index (χ1) is 15.2. The van der Waals surface area contributed by atoms with Crippen molar-refractivity contribution in [1.82, 2.24) is 9.55 Å². The minimum Gasteiger partial charge on any atom is -0.463 e. The number of nitrogens with zero attached hydrogens (tertiary/aromatic N) is 1. The van der Waals surface area contributed by atoms with Crippen LogP contribution in [0.3, 0.4) is 0 Å². The van der Waals surface area contributed by atoms with Gasteiger partial charge in [0.1, 0.15) is 12.7 Å². The second kappa shape index (κ2) is 9.32. The third kappa shape index (κ3) is 5.41. The van der Waals surface area contributed by atoms with Crippen molar-refractivity contribution in [3.05, 3.63) is 45.3 Å². The molecule has 0 radical (unpaired) electrons. The summed E-state index contributed by atoms with van der Waals surface area (Å²) in [4.78, 5) is 61.6. The van der Waals surface area contributed by atoms with E-state index >= 15 is 0 Å². The van der Waals surface area contributed by atoms with Gasteiger partial charge in [0.05, 0.1) is 0 Å². The Morgan fingerprint density at radius 1 is 1.21 bits per heavy atom. The molecule has 29 heavy (non-hydrogen) atoms. The number of carbonyl (C=O) groups excluding carboxylic acids is 3. The molecule has 1 N–H and O–H groups in total. The molecule has 0 bridgehead atoms. The molecular weight excluding hydrogens is 388 g/mol. The number of hydrogen-bond acceptors (Lipinski definition) is 9. The molecule has 1 unspecified atom stereocenters. The van der Waals surface area contributed by atoms with Crippen molar-refractivity contribution in [1.29, 1.82) is 0 Å². The number of allylic oxidation sites excluding steroid dienone is 1. The average Bonchev–Trinajstić information content (AvgIpc) is 3.10. The Hall–Kier alpha value is -3.21. The zero-order chi connectivity index (χ0) is 23.8. The fraction of sp³-hybridized carbons (Fsp3) is 0.500. The van der Waals surface area contributed by atoms with E-state index in [2.05, 4.69) is 11.6 Å². The lowest BCUT2D eigenvalue weighted by Gasteiger charge is -2.24. The first-order valence-electron chi connectivity index (χ1n) is 10.4. The molecule has 4 atom stereocenters. The lowest BCUT2D eigenvalue weighted by Crippen LogP contribution is -2.42. The second-order valence-electron chi connectivity index (χ2n) is 5.97. The van der Waals surface area contributed by atoms with Gasteiger partial charge in [0.2, 0.25) is 0 Å². The summed E-state index contributed by atoms with van der Waals surface area (Å²) in [6.07, 6.45) is -2.86. The van der Waals surface area contributed by atoms with Crippen LogP contribution in [0.2, 0.25) is 0 Å². The van der Waals surface area contributed by atoms with Gasteiger partial charge in [0, 0.05) is 36.6 Å². The predicted octanol–water partition coefficient (Wildman–Crippen LogP) is -0.411. The van der Waals surface area contributed by atoms with Gasteiger partial charge in [0.25, 0.3) is 5.56 Å². The summed E-state index contributed by atoms with van der Waals surface area (Å²) < 4.78 is 43.2. The van der Waals surface area contributed by atoms with Crippen LogP contribution in [-0.2, 0) is 39.8 Å². The number of aromatic amines is 1. The SMILES string of the molecule is [2H]CC(=O)OC[C@H]1OC(n2cc(CC=C)c(=O)[nH]c2=O)[C@H](OC(=O)C[2H])[C@H]1OC(=O)C[2H]. The molecule has 0 amide bonds. The van der Waals surface area contributed by atoms with E-state index in [-0.39, 0.29) is 12.0 Å². The van der Waals surface area contributed by atoms with Crippen molar-refractivity contribution in [2.45, 2.75) is 51.7 Å². The van der Waals surface area contributed by atoms with Crippen molar-refractivity contribution < 1.29 is 37.4 Å². The van der Waals surface area contributed by atoms with Crippen LogP contribution in [-0.4, -0.2) is 52.4 Å². The molecule has 1 aliphatic rings. The molecule has 1 aliphatic heterocycles. The molecule has 0 aliphatic carbocycles. The Kier molecular flexibility index (Phi) is 5.74. The van der Waals surface area contributed by atoms with Crippen molar-refractivity contribution in [3.8, 4) is 0 Å². The van der Waals surface area contributed by atoms with Crippen LogP contribution < -0.4 is 11.2 Å². The first-order valence-corrected chi connectivity index (χ1v) is 8.28. The van der Waals surface area contributed by atoms with Gasteiger partial charge in [-0.25, -0.2) is 4.79 Å². The molecular formula is C18H22N2O9. The molecule has 11 heteroatoms. The Bertz CT molecular complexity index is 977. The number of hydrogen-bond donors (Lipinski definition) is 1. The van der Waals surface area contributed by atoms with Crippen LogP contribution >= 0.6 is 0 Å². The minimum atomic E-state index is -1.47. The minimum absolute atomic E-state index is 0.0985. The molecule has 2 rings (SSSR count). The largest absolute Gasteiger partial charge is 0.463 e. The summed E-state index contributed by atoms with van der Waals surface area (Å²) in [7, 11) is 0. The molecule has 1 aromatic rings. The fourth-order valence-electron chi connectivity index (χ4n) is 2.83. The van der Waals surface area contributed by atoms with Crippen molar-refractivity contribution in [3.63, 3.8) is 0 Å². The summed E-state index contributed by atoms with van der Waals surface area (Å²) in [6.45, 7) is 0.759. The molecule has 11 nitrogen and oxygen atoms in total. The smallest absolute Gasteiger partial charge is 0.330 e. The maximum Gasteiger partial charge on any atom is 0.330 e. The highest BCUT2D eigenvalue weighted by Gasteiger charge is 2.51. The number of nitrogens with one attached hydrogen (secondary N) is 1. The Morgan fingerprint density at radius 3 is 2.48 bits per heavy atom. The summed E-state index contributed by atoms with van der Waals surface area (Å²) in [5.74, 6) is -2.94. The maximum absolute atomic E-state index is 12.5. The van der Waals surface area contributed by atoms with E-state index in [4.69, 9.17) is 23.1 Å². The van der Waals surface area contributed by atoms with Crippen LogP contribution in [0.25, 0.3) is 0 Å². The van der Waals surface area contributed by atoms with Gasteiger partial charge in [0.15, 0.2) is 18.4 Å². The number of esters is 3. The van der Waals surface area contributed by atoms with E-state index < -0.39 is 81.0 Å². The number of aromatic nitrogens is 2. The lowest BCUT2D eigenvalue weighted by atomic mass is 10.1.